The van der Waals surface area contributed by atoms with Gasteiger partial charge in [0.05, 0.1) is 11.6 Å². The molecule has 0 radical (unpaired) electrons. The van der Waals surface area contributed by atoms with Crippen LogP contribution in [-0.2, 0) is 4.74 Å². The van der Waals surface area contributed by atoms with Gasteiger partial charge in [0.25, 0.3) is 0 Å². The molecule has 5 rings (SSSR count). The Kier molecular flexibility index (Phi) is 4.20. The Hall–Kier alpha value is -0.280. The molecule has 2 nitrogen and oxygen atoms in total. The number of halogens is 2. The lowest BCUT2D eigenvalue weighted by Gasteiger charge is -2.69. The van der Waals surface area contributed by atoms with E-state index in [-0.39, 0.29) is 21.9 Å². The van der Waals surface area contributed by atoms with Crippen molar-refractivity contribution in [2.75, 3.05) is 13.1 Å². The van der Waals surface area contributed by atoms with E-state index in [4.69, 9.17) is 27.9 Å². The minimum absolute atomic E-state index is 0.00664. The molecule has 4 fully saturated rings. The van der Waals surface area contributed by atoms with Gasteiger partial charge in [0.15, 0.2) is 0 Å². The van der Waals surface area contributed by atoms with E-state index in [2.05, 4.69) is 42.6 Å². The van der Waals surface area contributed by atoms with Gasteiger partial charge >= 0.3 is 0 Å². The average Bonchev–Trinajstić information content (AvgIpc) is 2.56. The Morgan fingerprint density at radius 2 is 2.00 bits per heavy atom. The number of alkyl halides is 2. The van der Waals surface area contributed by atoms with Crippen LogP contribution in [0.5, 0.6) is 0 Å². The number of ether oxygens (including phenoxy) is 1. The lowest BCUT2D eigenvalue weighted by atomic mass is 9.41. The molecule has 0 amide bonds. The van der Waals surface area contributed by atoms with Crippen molar-refractivity contribution in [3.63, 3.8) is 0 Å². The molecule has 6 atom stereocenters. The third-order valence-corrected chi connectivity index (χ3v) is 7.94. The van der Waals surface area contributed by atoms with Crippen molar-refractivity contribution in [2.24, 2.45) is 17.3 Å². The van der Waals surface area contributed by atoms with Gasteiger partial charge in [0.1, 0.15) is 0 Å². The number of nitrogens with one attached hydrogen (secondary N) is 1. The molecular formula is C20H27Cl2NO. The highest BCUT2D eigenvalue weighted by Gasteiger charge is 2.69. The summed E-state index contributed by atoms with van der Waals surface area (Å²) in [6, 6.07) is 11.3. The summed E-state index contributed by atoms with van der Waals surface area (Å²) in [6.45, 7) is 2.41. The molecule has 0 heterocycles. The molecule has 0 saturated heterocycles. The SMILES string of the molecule is CO[C@@]12CC3CC(C[C@@](Cl)(C3)C1)[C@]2(C)[C@@H](NCCl)c1ccccc1. The summed E-state index contributed by atoms with van der Waals surface area (Å²) in [5.41, 5.74) is 1.12. The Bertz CT molecular complexity index is 611. The van der Waals surface area contributed by atoms with Gasteiger partial charge in [-0.25, -0.2) is 0 Å². The van der Waals surface area contributed by atoms with Crippen molar-refractivity contribution in [3.05, 3.63) is 35.9 Å². The molecule has 4 aliphatic rings. The van der Waals surface area contributed by atoms with Gasteiger partial charge in [0, 0.05) is 23.4 Å². The molecule has 0 spiro atoms. The first-order valence-electron chi connectivity index (χ1n) is 9.05. The second-order valence-electron chi connectivity index (χ2n) is 8.40. The maximum absolute atomic E-state index is 7.03. The fourth-order valence-corrected chi connectivity index (χ4v) is 7.25. The van der Waals surface area contributed by atoms with Gasteiger partial charge in [0.2, 0.25) is 0 Å². The minimum atomic E-state index is -0.168. The first-order valence-corrected chi connectivity index (χ1v) is 9.96. The highest BCUT2D eigenvalue weighted by molar-refractivity contribution is 6.24. The fourth-order valence-electron chi connectivity index (χ4n) is 6.47. The van der Waals surface area contributed by atoms with E-state index in [0.717, 1.165) is 25.7 Å². The minimum Gasteiger partial charge on any atom is -0.378 e. The lowest BCUT2D eigenvalue weighted by molar-refractivity contribution is -0.240. The molecule has 4 heteroatoms. The van der Waals surface area contributed by atoms with Crippen molar-refractivity contribution >= 4 is 23.2 Å². The van der Waals surface area contributed by atoms with Crippen molar-refractivity contribution in [2.45, 2.75) is 55.5 Å². The predicted octanol–water partition coefficient (Wildman–Crippen LogP) is 5.11. The normalized spacial score (nSPS) is 44.7. The summed E-state index contributed by atoms with van der Waals surface area (Å²) in [5.74, 6) is 1.27. The van der Waals surface area contributed by atoms with E-state index in [1.54, 1.807) is 0 Å². The van der Waals surface area contributed by atoms with Crippen LogP contribution >= 0.6 is 23.2 Å². The molecule has 1 aromatic rings. The monoisotopic (exact) mass is 367 g/mol. The quantitative estimate of drug-likeness (QED) is 0.576. The number of hydrogen-bond donors (Lipinski definition) is 1. The van der Waals surface area contributed by atoms with Crippen LogP contribution in [0.4, 0.5) is 0 Å². The second-order valence-corrected chi connectivity index (χ2v) is 9.47. The number of methoxy groups -OCH3 is 1. The maximum Gasteiger partial charge on any atom is 0.0772 e. The Morgan fingerprint density at radius 1 is 1.25 bits per heavy atom. The maximum atomic E-state index is 7.03. The molecule has 4 saturated carbocycles. The number of benzene rings is 1. The molecule has 1 aromatic carbocycles. The smallest absolute Gasteiger partial charge is 0.0772 e. The van der Waals surface area contributed by atoms with Crippen molar-refractivity contribution in [3.8, 4) is 0 Å². The van der Waals surface area contributed by atoms with Crippen LogP contribution in [0.2, 0.25) is 0 Å². The van der Waals surface area contributed by atoms with Crippen molar-refractivity contribution in [1.29, 1.82) is 0 Å². The Morgan fingerprint density at radius 3 is 2.62 bits per heavy atom. The topological polar surface area (TPSA) is 21.3 Å². The van der Waals surface area contributed by atoms with Gasteiger partial charge in [-0.1, -0.05) is 37.3 Å². The number of hydrogen-bond acceptors (Lipinski definition) is 2. The van der Waals surface area contributed by atoms with E-state index in [1.165, 1.54) is 12.0 Å². The van der Waals surface area contributed by atoms with Gasteiger partial charge in [-0.15, -0.1) is 23.2 Å². The summed E-state index contributed by atoms with van der Waals surface area (Å²) < 4.78 is 6.31. The van der Waals surface area contributed by atoms with E-state index in [1.807, 2.05) is 7.11 Å². The molecular weight excluding hydrogens is 341 g/mol. The third-order valence-electron chi connectivity index (χ3n) is 7.34. The first-order chi connectivity index (χ1) is 11.5. The zero-order valence-electron chi connectivity index (χ0n) is 14.5. The van der Waals surface area contributed by atoms with Crippen LogP contribution in [-0.4, -0.2) is 23.6 Å². The summed E-state index contributed by atoms with van der Waals surface area (Å²) in [4.78, 5) is -0.0659. The Balaban J connectivity index is 1.81. The summed E-state index contributed by atoms with van der Waals surface area (Å²) >= 11 is 13.2. The van der Waals surface area contributed by atoms with E-state index in [9.17, 15) is 0 Å². The van der Waals surface area contributed by atoms with Crippen LogP contribution < -0.4 is 5.32 Å². The predicted molar refractivity (Wildman–Crippen MR) is 99.5 cm³/mol. The molecule has 24 heavy (non-hydrogen) atoms. The van der Waals surface area contributed by atoms with Crippen LogP contribution in [0.1, 0.15) is 50.6 Å². The first kappa shape index (κ1) is 17.1. The van der Waals surface area contributed by atoms with Crippen molar-refractivity contribution in [1.82, 2.24) is 5.32 Å². The molecule has 4 aliphatic carbocycles. The van der Waals surface area contributed by atoms with Gasteiger partial charge < -0.3 is 4.74 Å². The van der Waals surface area contributed by atoms with Crippen LogP contribution in [0, 0.1) is 17.3 Å². The zero-order chi connectivity index (χ0) is 17.0. The fraction of sp³-hybridized carbons (Fsp3) is 0.700. The Labute approximate surface area is 155 Å². The van der Waals surface area contributed by atoms with Crippen LogP contribution in [0.25, 0.3) is 0 Å². The third kappa shape index (κ3) is 2.30. The van der Waals surface area contributed by atoms with Gasteiger partial charge in [-0.3, -0.25) is 5.32 Å². The standard InChI is InChI=1S/C20H27Cl2NO/c1-18(17(23-13-21)15-6-4-3-5-7-15)16-8-14-9-19(22,11-16)12-20(18,10-14)24-2/h3-7,14,16-17,23H,8-13H2,1-2H3/t14?,16?,17-,18+,19-,20-/m0/s1. The highest BCUT2D eigenvalue weighted by atomic mass is 35.5. The highest BCUT2D eigenvalue weighted by Crippen LogP contribution is 2.71. The molecule has 132 valence electrons. The second kappa shape index (κ2) is 5.87. The number of rotatable bonds is 5. The molecule has 0 aliphatic heterocycles. The summed E-state index contributed by atoms with van der Waals surface area (Å²) in [7, 11) is 1.88. The molecule has 0 aromatic heterocycles. The van der Waals surface area contributed by atoms with Gasteiger partial charge in [-0.2, -0.15) is 0 Å². The van der Waals surface area contributed by atoms with E-state index < -0.39 is 0 Å². The van der Waals surface area contributed by atoms with E-state index in [0.29, 0.717) is 17.8 Å². The van der Waals surface area contributed by atoms with Crippen LogP contribution in [0.15, 0.2) is 30.3 Å². The molecule has 2 unspecified atom stereocenters. The van der Waals surface area contributed by atoms with Gasteiger partial charge in [-0.05, 0) is 49.5 Å². The van der Waals surface area contributed by atoms with Crippen molar-refractivity contribution < 1.29 is 4.74 Å². The zero-order valence-corrected chi connectivity index (χ0v) is 16.0. The largest absolute Gasteiger partial charge is 0.378 e. The summed E-state index contributed by atoms with van der Waals surface area (Å²) in [6.07, 6.45) is 5.60. The average molecular weight is 368 g/mol. The summed E-state index contributed by atoms with van der Waals surface area (Å²) in [5, 5.41) is 3.58. The lowest BCUT2D eigenvalue weighted by Crippen LogP contribution is -2.70. The van der Waals surface area contributed by atoms with Crippen LogP contribution in [0.3, 0.4) is 0 Å². The molecule has 4 bridgehead atoms. The van der Waals surface area contributed by atoms with E-state index >= 15 is 0 Å². The molecule has 1 N–H and O–H groups in total.